The number of hydrogen-bond acceptors (Lipinski definition) is 0. The minimum atomic E-state index is 0. The molecule has 3 heteroatoms. The molecule has 0 unspecified atom stereocenters. The van der Waals surface area contributed by atoms with Crippen molar-refractivity contribution in [1.29, 1.82) is 0 Å². The van der Waals surface area contributed by atoms with Gasteiger partial charge in [-0.1, -0.05) is 49.2 Å². The molecule has 0 heterocycles. The van der Waals surface area contributed by atoms with Gasteiger partial charge in [-0.3, -0.25) is 0 Å². The van der Waals surface area contributed by atoms with E-state index in [1.807, 2.05) is 6.07 Å². The van der Waals surface area contributed by atoms with Gasteiger partial charge in [-0.05, 0) is 12.3 Å². The smallest absolute Gasteiger partial charge is 1.00 e. The Balaban J connectivity index is 0.000000429. The fourth-order valence-electron chi connectivity index (χ4n) is 2.77. The molecule has 3 aromatic carbocycles. The summed E-state index contributed by atoms with van der Waals surface area (Å²) >= 11 is 0. The van der Waals surface area contributed by atoms with Gasteiger partial charge in [0, 0.05) is 0 Å². The normalized spacial score (nSPS) is 10.1. The molecule has 0 saturated carbocycles. The number of hydrogen-bond donors (Lipinski definition) is 0. The average molecular weight is 435 g/mol. The van der Waals surface area contributed by atoms with Gasteiger partial charge in [0.15, 0.2) is 0 Å². The monoisotopic (exact) mass is 432 g/mol. The van der Waals surface area contributed by atoms with Crippen LogP contribution >= 0.6 is 0 Å². The Morgan fingerprint density at radius 3 is 2.25 bits per heavy atom. The molecule has 0 fully saturated rings. The Labute approximate surface area is 177 Å². The van der Waals surface area contributed by atoms with Crippen molar-refractivity contribution in [2.24, 2.45) is 0 Å². The Hall–Kier alpha value is -0.747. The number of rotatable bonds is 1. The molecule has 0 saturated heterocycles. The minimum Gasteiger partial charge on any atom is -1.00 e. The van der Waals surface area contributed by atoms with Crippen LogP contribution in [0.15, 0.2) is 66.7 Å². The van der Waals surface area contributed by atoms with Crippen LogP contribution in [0.1, 0.15) is 36.5 Å². The predicted molar refractivity (Wildman–Crippen MR) is 89.6 cm³/mol. The summed E-state index contributed by atoms with van der Waals surface area (Å²) in [7, 11) is 0. The first kappa shape index (κ1) is 23.3. The zero-order valence-electron chi connectivity index (χ0n) is 13.9. The van der Waals surface area contributed by atoms with Crippen LogP contribution in [0.2, 0.25) is 0 Å². The molecule has 4 rings (SSSR count). The van der Waals surface area contributed by atoms with Gasteiger partial charge in [-0.2, -0.15) is 47.5 Å². The average Bonchev–Trinajstić information content (AvgIpc) is 3.15. The van der Waals surface area contributed by atoms with Gasteiger partial charge in [0.1, 0.15) is 0 Å². The molecule has 1 aliphatic rings. The zero-order valence-corrected chi connectivity index (χ0v) is 17.9. The van der Waals surface area contributed by atoms with Crippen molar-refractivity contribution in [3.63, 3.8) is 0 Å². The van der Waals surface area contributed by atoms with Crippen molar-refractivity contribution in [3.05, 3.63) is 89.5 Å². The van der Waals surface area contributed by atoms with Crippen LogP contribution in [-0.4, -0.2) is 0 Å². The second-order valence-corrected chi connectivity index (χ2v) is 5.77. The van der Waals surface area contributed by atoms with Gasteiger partial charge in [0.05, 0.1) is 0 Å². The molecule has 3 aromatic rings. The molecule has 122 valence electrons. The van der Waals surface area contributed by atoms with Gasteiger partial charge in [0.2, 0.25) is 0 Å². The minimum absolute atomic E-state index is 0. The Morgan fingerprint density at radius 2 is 1.62 bits per heavy atom. The first-order chi connectivity index (χ1) is 10.3. The van der Waals surface area contributed by atoms with Crippen molar-refractivity contribution in [3.8, 4) is 11.1 Å². The largest absolute Gasteiger partial charge is 4.00 e. The van der Waals surface area contributed by atoms with Gasteiger partial charge in [-0.25, -0.2) is 12.1 Å². The molecule has 0 aliphatic heterocycles. The molecule has 0 bridgehead atoms. The summed E-state index contributed by atoms with van der Waals surface area (Å²) in [4.78, 5) is 0. The number of benzene rings is 2. The molecule has 0 radical (unpaired) electrons. The maximum atomic E-state index is 3.30. The molecule has 0 spiro atoms. The van der Waals surface area contributed by atoms with E-state index in [1.54, 1.807) is 0 Å². The van der Waals surface area contributed by atoms with Crippen LogP contribution in [0.3, 0.4) is 0 Å². The molecular formula is C21H20Cl2Zr. The summed E-state index contributed by atoms with van der Waals surface area (Å²) in [6.07, 6.45) is 1.05. The van der Waals surface area contributed by atoms with Gasteiger partial charge in [-0.15, -0.1) is 5.56 Å². The standard InChI is InChI=1S/C13H9.C8H11.2ClH.Zr/c1-3-7-12-10(5-1)9-11-6-2-4-8-13(11)12;1-7(2)8-5-3-4-6-8;;;/h1-5,7-8H,9H2;3-7H,1-2H3;2*1H;/q2*-1;;;+4/p-2. The summed E-state index contributed by atoms with van der Waals surface area (Å²) in [5, 5.41) is 0. The third-order valence-corrected chi connectivity index (χ3v) is 3.97. The van der Waals surface area contributed by atoms with Crippen LogP contribution in [0.25, 0.3) is 11.1 Å². The van der Waals surface area contributed by atoms with E-state index in [-0.39, 0.29) is 51.0 Å². The topological polar surface area (TPSA) is 0 Å². The quantitative estimate of drug-likeness (QED) is 0.358. The SMILES string of the molecule is CC(C)c1ccc[cH-]1.[Cl-].[Cl-].[Zr+4].[c-]1cccc2c1Cc1ccccc1-2. The van der Waals surface area contributed by atoms with Gasteiger partial charge < -0.3 is 24.8 Å². The van der Waals surface area contributed by atoms with E-state index in [0.717, 1.165) is 6.42 Å². The molecule has 0 aromatic heterocycles. The Morgan fingerprint density at radius 1 is 0.917 bits per heavy atom. The van der Waals surface area contributed by atoms with E-state index in [1.165, 1.54) is 27.8 Å². The Kier molecular flexibility index (Phi) is 10.6. The maximum Gasteiger partial charge on any atom is 4.00 e. The van der Waals surface area contributed by atoms with E-state index in [0.29, 0.717) is 5.92 Å². The van der Waals surface area contributed by atoms with E-state index >= 15 is 0 Å². The van der Waals surface area contributed by atoms with Crippen molar-refractivity contribution in [2.75, 3.05) is 0 Å². The van der Waals surface area contributed by atoms with Crippen LogP contribution in [0.4, 0.5) is 0 Å². The second-order valence-electron chi connectivity index (χ2n) is 5.77. The predicted octanol–water partition coefficient (Wildman–Crippen LogP) is -0.408. The first-order valence-corrected chi connectivity index (χ1v) is 7.55. The fourth-order valence-corrected chi connectivity index (χ4v) is 2.77. The summed E-state index contributed by atoms with van der Waals surface area (Å²) in [5.74, 6) is 0.685. The van der Waals surface area contributed by atoms with Crippen LogP contribution < -0.4 is 24.8 Å². The maximum absolute atomic E-state index is 3.30. The summed E-state index contributed by atoms with van der Waals surface area (Å²) < 4.78 is 0. The summed E-state index contributed by atoms with van der Waals surface area (Å²) in [5.41, 5.74) is 6.95. The summed E-state index contributed by atoms with van der Waals surface area (Å²) in [6.45, 7) is 4.41. The van der Waals surface area contributed by atoms with Crippen molar-refractivity contribution < 1.29 is 51.0 Å². The van der Waals surface area contributed by atoms with E-state index < -0.39 is 0 Å². The first-order valence-electron chi connectivity index (χ1n) is 7.55. The van der Waals surface area contributed by atoms with Crippen LogP contribution in [-0.2, 0) is 32.6 Å². The molecule has 0 atom stereocenters. The molecule has 0 N–H and O–H groups in total. The molecule has 0 nitrogen and oxygen atoms in total. The van der Waals surface area contributed by atoms with E-state index in [2.05, 4.69) is 80.6 Å². The van der Waals surface area contributed by atoms with Crippen molar-refractivity contribution in [1.82, 2.24) is 0 Å². The molecule has 1 aliphatic carbocycles. The van der Waals surface area contributed by atoms with Crippen molar-refractivity contribution in [2.45, 2.75) is 26.2 Å². The van der Waals surface area contributed by atoms with E-state index in [9.17, 15) is 0 Å². The van der Waals surface area contributed by atoms with Gasteiger partial charge >= 0.3 is 26.2 Å². The third-order valence-electron chi connectivity index (χ3n) is 3.97. The second kappa shape index (κ2) is 11.0. The van der Waals surface area contributed by atoms with Crippen LogP contribution in [0, 0.1) is 6.07 Å². The molecule has 0 amide bonds. The third kappa shape index (κ3) is 5.38. The fraction of sp³-hybridized carbons (Fsp3) is 0.190. The molecular weight excluding hydrogens is 414 g/mol. The number of fused-ring (bicyclic) bond motifs is 3. The Bertz CT molecular complexity index is 675. The summed E-state index contributed by atoms with van der Waals surface area (Å²) in [6, 6.07) is 26.6. The van der Waals surface area contributed by atoms with E-state index in [4.69, 9.17) is 0 Å². The van der Waals surface area contributed by atoms with Crippen molar-refractivity contribution >= 4 is 0 Å². The number of halogens is 2. The van der Waals surface area contributed by atoms with Crippen LogP contribution in [0.5, 0.6) is 0 Å². The van der Waals surface area contributed by atoms with Gasteiger partial charge in [0.25, 0.3) is 0 Å². The molecule has 24 heavy (non-hydrogen) atoms. The zero-order chi connectivity index (χ0) is 14.7.